The first-order chi connectivity index (χ1) is 14.0. The molecule has 0 bridgehead atoms. The number of hydrogen-bond acceptors (Lipinski definition) is 4. The highest BCUT2D eigenvalue weighted by molar-refractivity contribution is 5.93. The maximum absolute atomic E-state index is 12.9. The van der Waals surface area contributed by atoms with Gasteiger partial charge in [-0.05, 0) is 50.8 Å². The normalized spacial score (nSPS) is 20.2. The minimum absolute atomic E-state index is 0.0286. The number of amides is 2. The molecule has 2 fully saturated rings. The van der Waals surface area contributed by atoms with E-state index in [0.717, 1.165) is 63.4 Å². The molecule has 2 saturated heterocycles. The molecule has 1 aromatic carbocycles. The molecule has 2 aliphatic rings. The van der Waals surface area contributed by atoms with E-state index in [-0.39, 0.29) is 17.9 Å². The smallest absolute Gasteiger partial charge is 0.239 e. The Balaban J connectivity index is 1.45. The summed E-state index contributed by atoms with van der Waals surface area (Å²) in [5.41, 5.74) is 3.19. The standard InChI is InChI=1S/C23H36N4O2/c1-18-9-8-10-21(19(18)2)24-22(28)17-25-13-15-26(16-14-25)20(3)23(29)27-11-6-4-5-7-12-27/h8-10,20H,4-7,11-17H2,1-3H3,(H,24,28)/t20-/m1/s1. The Morgan fingerprint density at radius 1 is 0.966 bits per heavy atom. The highest BCUT2D eigenvalue weighted by Crippen LogP contribution is 2.18. The summed E-state index contributed by atoms with van der Waals surface area (Å²) < 4.78 is 0. The van der Waals surface area contributed by atoms with E-state index < -0.39 is 0 Å². The van der Waals surface area contributed by atoms with Gasteiger partial charge in [-0.1, -0.05) is 25.0 Å². The lowest BCUT2D eigenvalue weighted by Gasteiger charge is -2.38. The zero-order chi connectivity index (χ0) is 20.8. The maximum Gasteiger partial charge on any atom is 0.239 e. The number of hydrogen-bond donors (Lipinski definition) is 1. The van der Waals surface area contributed by atoms with Crippen molar-refractivity contribution in [2.24, 2.45) is 0 Å². The average Bonchev–Trinajstić information content (AvgIpc) is 3.00. The second-order valence-electron chi connectivity index (χ2n) is 8.52. The number of likely N-dealkylation sites (tertiary alicyclic amines) is 1. The van der Waals surface area contributed by atoms with Crippen LogP contribution in [0.1, 0.15) is 43.7 Å². The largest absolute Gasteiger partial charge is 0.341 e. The van der Waals surface area contributed by atoms with Crippen LogP contribution in [-0.2, 0) is 9.59 Å². The Labute approximate surface area is 175 Å². The van der Waals surface area contributed by atoms with Crippen LogP contribution in [0.2, 0.25) is 0 Å². The van der Waals surface area contributed by atoms with Crippen molar-refractivity contribution in [3.05, 3.63) is 29.3 Å². The first kappa shape index (κ1) is 21.8. The van der Waals surface area contributed by atoms with Crippen molar-refractivity contribution in [3.63, 3.8) is 0 Å². The molecular weight excluding hydrogens is 364 g/mol. The highest BCUT2D eigenvalue weighted by atomic mass is 16.2. The number of rotatable bonds is 5. The summed E-state index contributed by atoms with van der Waals surface area (Å²) in [6.45, 7) is 11.6. The van der Waals surface area contributed by atoms with Gasteiger partial charge < -0.3 is 10.2 Å². The zero-order valence-corrected chi connectivity index (χ0v) is 18.2. The van der Waals surface area contributed by atoms with Crippen molar-refractivity contribution < 1.29 is 9.59 Å². The number of nitrogens with one attached hydrogen (secondary N) is 1. The van der Waals surface area contributed by atoms with Crippen LogP contribution in [0.4, 0.5) is 5.69 Å². The molecule has 0 unspecified atom stereocenters. The molecule has 0 radical (unpaired) electrons. The van der Waals surface area contributed by atoms with Gasteiger partial charge in [0.1, 0.15) is 0 Å². The molecule has 1 N–H and O–H groups in total. The fraction of sp³-hybridized carbons (Fsp3) is 0.652. The van der Waals surface area contributed by atoms with E-state index in [9.17, 15) is 9.59 Å². The van der Waals surface area contributed by atoms with Gasteiger partial charge in [0.15, 0.2) is 0 Å². The van der Waals surface area contributed by atoms with Crippen molar-refractivity contribution >= 4 is 17.5 Å². The van der Waals surface area contributed by atoms with Crippen LogP contribution < -0.4 is 5.32 Å². The second-order valence-corrected chi connectivity index (χ2v) is 8.52. The topological polar surface area (TPSA) is 55.9 Å². The molecule has 0 spiro atoms. The fourth-order valence-corrected chi connectivity index (χ4v) is 4.30. The number of anilines is 1. The fourth-order valence-electron chi connectivity index (χ4n) is 4.30. The molecule has 160 valence electrons. The van der Waals surface area contributed by atoms with Crippen LogP contribution in [0.15, 0.2) is 18.2 Å². The predicted octanol–water partition coefficient (Wildman–Crippen LogP) is 2.65. The molecule has 2 heterocycles. The molecule has 29 heavy (non-hydrogen) atoms. The van der Waals surface area contributed by atoms with Gasteiger partial charge in [0.25, 0.3) is 0 Å². The predicted molar refractivity (Wildman–Crippen MR) is 117 cm³/mol. The Bertz CT molecular complexity index is 705. The van der Waals surface area contributed by atoms with E-state index in [1.807, 2.05) is 26.0 Å². The molecule has 1 atom stereocenters. The molecule has 0 aliphatic carbocycles. The summed E-state index contributed by atoms with van der Waals surface area (Å²) in [6, 6.07) is 5.91. The summed E-state index contributed by atoms with van der Waals surface area (Å²) >= 11 is 0. The van der Waals surface area contributed by atoms with E-state index in [1.165, 1.54) is 18.4 Å². The monoisotopic (exact) mass is 400 g/mol. The van der Waals surface area contributed by atoms with Gasteiger partial charge in [-0.2, -0.15) is 0 Å². The van der Waals surface area contributed by atoms with E-state index in [0.29, 0.717) is 6.54 Å². The van der Waals surface area contributed by atoms with Gasteiger partial charge >= 0.3 is 0 Å². The number of carbonyl (C=O) groups excluding carboxylic acids is 2. The van der Waals surface area contributed by atoms with Gasteiger partial charge in [0.2, 0.25) is 11.8 Å². The Hall–Kier alpha value is -1.92. The Morgan fingerprint density at radius 2 is 1.62 bits per heavy atom. The molecule has 1 aromatic rings. The Kier molecular flexibility index (Phi) is 7.67. The van der Waals surface area contributed by atoms with Crippen LogP contribution in [0.25, 0.3) is 0 Å². The zero-order valence-electron chi connectivity index (χ0n) is 18.2. The molecule has 2 amide bonds. The van der Waals surface area contributed by atoms with E-state index in [2.05, 4.69) is 33.0 Å². The third kappa shape index (κ3) is 5.80. The van der Waals surface area contributed by atoms with Gasteiger partial charge in [0, 0.05) is 45.0 Å². The lowest BCUT2D eigenvalue weighted by molar-refractivity contribution is -0.137. The SMILES string of the molecule is Cc1cccc(NC(=O)CN2CCN([C@H](C)C(=O)N3CCCCCC3)CC2)c1C. The van der Waals surface area contributed by atoms with Crippen LogP contribution in [0.5, 0.6) is 0 Å². The van der Waals surface area contributed by atoms with Gasteiger partial charge in [-0.15, -0.1) is 0 Å². The summed E-state index contributed by atoms with van der Waals surface area (Å²) in [6.07, 6.45) is 4.73. The third-order valence-electron chi connectivity index (χ3n) is 6.48. The quantitative estimate of drug-likeness (QED) is 0.826. The summed E-state index contributed by atoms with van der Waals surface area (Å²) in [5, 5.41) is 3.04. The minimum atomic E-state index is -0.0704. The lowest BCUT2D eigenvalue weighted by Crippen LogP contribution is -2.55. The summed E-state index contributed by atoms with van der Waals surface area (Å²) in [7, 11) is 0. The molecule has 2 aliphatic heterocycles. The van der Waals surface area contributed by atoms with Crippen molar-refractivity contribution in [1.29, 1.82) is 0 Å². The molecule has 6 heteroatoms. The maximum atomic E-state index is 12.9. The van der Waals surface area contributed by atoms with Crippen molar-refractivity contribution in [2.75, 3.05) is 51.1 Å². The third-order valence-corrected chi connectivity index (χ3v) is 6.48. The lowest BCUT2D eigenvalue weighted by atomic mass is 10.1. The Morgan fingerprint density at radius 3 is 2.28 bits per heavy atom. The molecular formula is C23H36N4O2. The van der Waals surface area contributed by atoms with E-state index >= 15 is 0 Å². The van der Waals surface area contributed by atoms with Gasteiger partial charge in [-0.3, -0.25) is 19.4 Å². The van der Waals surface area contributed by atoms with Gasteiger partial charge in [0.05, 0.1) is 12.6 Å². The first-order valence-corrected chi connectivity index (χ1v) is 11.1. The number of carbonyl (C=O) groups is 2. The molecule has 0 aromatic heterocycles. The van der Waals surface area contributed by atoms with Gasteiger partial charge in [-0.25, -0.2) is 0 Å². The molecule has 3 rings (SSSR count). The summed E-state index contributed by atoms with van der Waals surface area (Å²) in [5.74, 6) is 0.300. The molecule has 0 saturated carbocycles. The van der Waals surface area contributed by atoms with Crippen LogP contribution in [-0.4, -0.2) is 78.4 Å². The minimum Gasteiger partial charge on any atom is -0.341 e. The van der Waals surface area contributed by atoms with Crippen molar-refractivity contribution in [3.8, 4) is 0 Å². The molecule has 6 nitrogen and oxygen atoms in total. The van der Waals surface area contributed by atoms with Crippen molar-refractivity contribution in [1.82, 2.24) is 14.7 Å². The average molecular weight is 401 g/mol. The number of aryl methyl sites for hydroxylation is 1. The van der Waals surface area contributed by atoms with Crippen LogP contribution in [0, 0.1) is 13.8 Å². The van der Waals surface area contributed by atoms with E-state index in [4.69, 9.17) is 0 Å². The van der Waals surface area contributed by atoms with Crippen LogP contribution in [0.3, 0.4) is 0 Å². The van der Waals surface area contributed by atoms with Crippen LogP contribution >= 0.6 is 0 Å². The highest BCUT2D eigenvalue weighted by Gasteiger charge is 2.29. The summed E-state index contributed by atoms with van der Waals surface area (Å²) in [4.78, 5) is 31.9. The van der Waals surface area contributed by atoms with Crippen molar-refractivity contribution in [2.45, 2.75) is 52.5 Å². The number of piperazine rings is 1. The van der Waals surface area contributed by atoms with E-state index in [1.54, 1.807) is 0 Å². The first-order valence-electron chi connectivity index (χ1n) is 11.1. The second kappa shape index (κ2) is 10.2. The number of nitrogens with zero attached hydrogens (tertiary/aromatic N) is 3. The number of benzene rings is 1.